The van der Waals surface area contributed by atoms with Crippen molar-refractivity contribution in [3.05, 3.63) is 23.9 Å². The molecule has 1 heterocycles. The fraction of sp³-hybridized carbons (Fsp3) is 0.400. The van der Waals surface area contributed by atoms with Gasteiger partial charge in [0.1, 0.15) is 11.9 Å². The minimum atomic E-state index is -0.851. The third-order valence-electron chi connectivity index (χ3n) is 1.92. The van der Waals surface area contributed by atoms with Crippen molar-refractivity contribution in [1.29, 1.82) is 0 Å². The summed E-state index contributed by atoms with van der Waals surface area (Å²) < 4.78 is 0. The number of hydrogen-bond acceptors (Lipinski definition) is 3. The zero-order valence-corrected chi connectivity index (χ0v) is 8.32. The van der Waals surface area contributed by atoms with Crippen LogP contribution in [0.5, 0.6) is 0 Å². The molecule has 0 spiro atoms. The van der Waals surface area contributed by atoms with Crippen LogP contribution in [0.15, 0.2) is 18.2 Å². The molecular weight excluding hydrogens is 180 g/mol. The monoisotopic (exact) mass is 194 g/mol. The van der Waals surface area contributed by atoms with Crippen LogP contribution < -0.4 is 5.32 Å². The second-order valence-corrected chi connectivity index (χ2v) is 3.11. The highest BCUT2D eigenvalue weighted by molar-refractivity contribution is 5.76. The average Bonchev–Trinajstić information content (AvgIpc) is 2.14. The molecule has 1 atom stereocenters. The molecule has 14 heavy (non-hydrogen) atoms. The summed E-state index contributed by atoms with van der Waals surface area (Å²) in [5.41, 5.74) is 0.871. The molecule has 0 aliphatic rings. The van der Waals surface area contributed by atoms with Crippen LogP contribution >= 0.6 is 0 Å². The minimum absolute atomic E-state index is 0.533. The first-order chi connectivity index (χ1) is 6.63. The summed E-state index contributed by atoms with van der Waals surface area (Å²) in [6.07, 6.45) is 0.533. The summed E-state index contributed by atoms with van der Waals surface area (Å²) >= 11 is 0. The van der Waals surface area contributed by atoms with Crippen LogP contribution in [-0.4, -0.2) is 22.1 Å². The number of nitrogens with zero attached hydrogens (tertiary/aromatic N) is 1. The summed E-state index contributed by atoms with van der Waals surface area (Å²) in [5, 5.41) is 11.7. The van der Waals surface area contributed by atoms with Crippen molar-refractivity contribution in [2.24, 2.45) is 0 Å². The molecule has 1 rings (SSSR count). The molecule has 0 aliphatic carbocycles. The fourth-order valence-corrected chi connectivity index (χ4v) is 1.14. The van der Waals surface area contributed by atoms with Crippen LogP contribution in [0.1, 0.15) is 19.0 Å². The molecule has 4 nitrogen and oxygen atoms in total. The Morgan fingerprint density at radius 1 is 1.64 bits per heavy atom. The van der Waals surface area contributed by atoms with E-state index in [1.54, 1.807) is 6.07 Å². The Balaban J connectivity index is 2.72. The number of nitrogens with one attached hydrogen (secondary N) is 1. The standard InChI is InChI=1S/C10H14N2O2/c1-3-8(10(13)14)12-9-6-4-5-7(2)11-9/h4-6,8H,3H2,1-2H3,(H,11,12)(H,13,14). The molecule has 2 N–H and O–H groups in total. The van der Waals surface area contributed by atoms with E-state index in [9.17, 15) is 4.79 Å². The summed E-state index contributed by atoms with van der Waals surface area (Å²) in [5.74, 6) is -0.241. The van der Waals surface area contributed by atoms with Gasteiger partial charge in [-0.2, -0.15) is 0 Å². The van der Waals surface area contributed by atoms with Crippen LogP contribution in [0.3, 0.4) is 0 Å². The van der Waals surface area contributed by atoms with E-state index in [1.807, 2.05) is 26.0 Å². The molecule has 0 amide bonds. The van der Waals surface area contributed by atoms with Crippen molar-refractivity contribution in [3.63, 3.8) is 0 Å². The summed E-state index contributed by atoms with van der Waals surface area (Å²) in [4.78, 5) is 14.9. The van der Waals surface area contributed by atoms with E-state index in [4.69, 9.17) is 5.11 Å². The maximum Gasteiger partial charge on any atom is 0.326 e. The van der Waals surface area contributed by atoms with Gasteiger partial charge in [0.2, 0.25) is 0 Å². The average molecular weight is 194 g/mol. The maximum atomic E-state index is 10.7. The maximum absolute atomic E-state index is 10.7. The van der Waals surface area contributed by atoms with E-state index in [0.29, 0.717) is 12.2 Å². The molecular formula is C10H14N2O2. The summed E-state index contributed by atoms with van der Waals surface area (Å²) in [6, 6.07) is 4.91. The molecule has 4 heteroatoms. The van der Waals surface area contributed by atoms with Gasteiger partial charge in [0, 0.05) is 5.69 Å². The number of aliphatic carboxylic acids is 1. The number of rotatable bonds is 4. The second kappa shape index (κ2) is 4.60. The minimum Gasteiger partial charge on any atom is -0.480 e. The topological polar surface area (TPSA) is 62.2 Å². The van der Waals surface area contributed by atoms with E-state index in [1.165, 1.54) is 0 Å². The molecule has 1 unspecified atom stereocenters. The molecule has 0 saturated carbocycles. The van der Waals surface area contributed by atoms with E-state index < -0.39 is 12.0 Å². The zero-order chi connectivity index (χ0) is 10.6. The number of hydrogen-bond donors (Lipinski definition) is 2. The van der Waals surface area contributed by atoms with Gasteiger partial charge in [0.15, 0.2) is 0 Å². The fourth-order valence-electron chi connectivity index (χ4n) is 1.14. The molecule has 0 radical (unpaired) electrons. The lowest BCUT2D eigenvalue weighted by atomic mass is 10.2. The molecule has 1 aromatic rings. The second-order valence-electron chi connectivity index (χ2n) is 3.11. The zero-order valence-electron chi connectivity index (χ0n) is 8.32. The first-order valence-electron chi connectivity index (χ1n) is 4.56. The number of carboxylic acid groups (broad SMARTS) is 1. The highest BCUT2D eigenvalue weighted by atomic mass is 16.4. The summed E-state index contributed by atoms with van der Waals surface area (Å²) in [7, 11) is 0. The van der Waals surface area contributed by atoms with Crippen molar-refractivity contribution < 1.29 is 9.90 Å². The largest absolute Gasteiger partial charge is 0.480 e. The normalized spacial score (nSPS) is 12.1. The molecule has 0 aliphatic heterocycles. The number of aryl methyl sites for hydroxylation is 1. The van der Waals surface area contributed by atoms with Gasteiger partial charge in [-0.15, -0.1) is 0 Å². The Morgan fingerprint density at radius 3 is 2.86 bits per heavy atom. The van der Waals surface area contributed by atoms with Gasteiger partial charge in [-0.25, -0.2) is 9.78 Å². The number of carbonyl (C=O) groups is 1. The first kappa shape index (κ1) is 10.5. The van der Waals surface area contributed by atoms with Crippen molar-refractivity contribution in [2.45, 2.75) is 26.3 Å². The molecule has 0 fully saturated rings. The van der Waals surface area contributed by atoms with Gasteiger partial charge >= 0.3 is 5.97 Å². The van der Waals surface area contributed by atoms with Crippen molar-refractivity contribution in [2.75, 3.05) is 5.32 Å². The van der Waals surface area contributed by atoms with Crippen molar-refractivity contribution >= 4 is 11.8 Å². The quantitative estimate of drug-likeness (QED) is 0.765. The predicted octanol–water partition coefficient (Wildman–Crippen LogP) is 1.67. The van der Waals surface area contributed by atoms with Crippen LogP contribution in [0.2, 0.25) is 0 Å². The van der Waals surface area contributed by atoms with Crippen LogP contribution in [0.25, 0.3) is 0 Å². The van der Waals surface area contributed by atoms with Crippen LogP contribution in [0.4, 0.5) is 5.82 Å². The number of anilines is 1. The third-order valence-corrected chi connectivity index (χ3v) is 1.92. The Hall–Kier alpha value is -1.58. The van der Waals surface area contributed by atoms with Crippen LogP contribution in [0, 0.1) is 6.92 Å². The van der Waals surface area contributed by atoms with Gasteiger partial charge in [-0.1, -0.05) is 13.0 Å². The molecule has 76 valence electrons. The van der Waals surface area contributed by atoms with E-state index >= 15 is 0 Å². The predicted molar refractivity (Wildman–Crippen MR) is 54.3 cm³/mol. The third kappa shape index (κ3) is 2.73. The Labute approximate surface area is 83.0 Å². The smallest absolute Gasteiger partial charge is 0.326 e. The molecule has 1 aromatic heterocycles. The highest BCUT2D eigenvalue weighted by Gasteiger charge is 2.14. The Morgan fingerprint density at radius 2 is 2.36 bits per heavy atom. The van der Waals surface area contributed by atoms with Gasteiger partial charge in [-0.05, 0) is 25.5 Å². The van der Waals surface area contributed by atoms with E-state index in [-0.39, 0.29) is 0 Å². The van der Waals surface area contributed by atoms with Gasteiger partial charge in [0.05, 0.1) is 0 Å². The molecule has 0 bridgehead atoms. The van der Waals surface area contributed by atoms with E-state index in [0.717, 1.165) is 5.69 Å². The van der Waals surface area contributed by atoms with Crippen LogP contribution in [-0.2, 0) is 4.79 Å². The van der Waals surface area contributed by atoms with Crippen molar-refractivity contribution in [3.8, 4) is 0 Å². The lowest BCUT2D eigenvalue weighted by Crippen LogP contribution is -2.28. The number of pyridine rings is 1. The van der Waals surface area contributed by atoms with E-state index in [2.05, 4.69) is 10.3 Å². The SMILES string of the molecule is CCC(Nc1cccc(C)n1)C(=O)O. The highest BCUT2D eigenvalue weighted by Crippen LogP contribution is 2.07. The molecule has 0 saturated heterocycles. The van der Waals surface area contributed by atoms with Gasteiger partial charge in [0.25, 0.3) is 0 Å². The Bertz CT molecular complexity index is 326. The van der Waals surface area contributed by atoms with Gasteiger partial charge in [-0.3, -0.25) is 0 Å². The lowest BCUT2D eigenvalue weighted by Gasteiger charge is -2.12. The number of aromatic nitrogens is 1. The lowest BCUT2D eigenvalue weighted by molar-refractivity contribution is -0.137. The summed E-state index contributed by atoms with van der Waals surface area (Å²) in [6.45, 7) is 3.69. The van der Waals surface area contributed by atoms with Crippen molar-refractivity contribution in [1.82, 2.24) is 4.98 Å². The first-order valence-corrected chi connectivity index (χ1v) is 4.56. The molecule has 0 aromatic carbocycles. The Kier molecular flexibility index (Phi) is 3.45. The van der Waals surface area contributed by atoms with Gasteiger partial charge < -0.3 is 10.4 Å². The number of carboxylic acids is 1.